The lowest BCUT2D eigenvalue weighted by molar-refractivity contribution is 0.0899. The highest BCUT2D eigenvalue weighted by molar-refractivity contribution is 7.92. The molecule has 0 amide bonds. The van der Waals surface area contributed by atoms with Crippen LogP contribution in [0.2, 0.25) is 30.7 Å². The number of para-hydroxylation sites is 1. The Morgan fingerprint density at radius 3 is 2.52 bits per heavy atom. The summed E-state index contributed by atoms with van der Waals surface area (Å²) in [4.78, 5) is 12.2. The van der Waals surface area contributed by atoms with Crippen molar-refractivity contribution in [3.63, 3.8) is 0 Å². The molecule has 0 bridgehead atoms. The molecule has 4 N–H and O–H groups in total. The van der Waals surface area contributed by atoms with Gasteiger partial charge in [-0.1, -0.05) is 43.4 Å². The van der Waals surface area contributed by atoms with E-state index in [4.69, 9.17) is 31.0 Å². The van der Waals surface area contributed by atoms with Crippen LogP contribution in [0, 0.1) is 0 Å². The van der Waals surface area contributed by atoms with Gasteiger partial charge in [0, 0.05) is 71.4 Å². The van der Waals surface area contributed by atoms with E-state index in [-0.39, 0.29) is 6.73 Å². The van der Waals surface area contributed by atoms with Crippen LogP contribution in [0.1, 0.15) is 18.4 Å². The van der Waals surface area contributed by atoms with Crippen LogP contribution in [0.15, 0.2) is 42.6 Å². The molecule has 4 aromatic rings. The number of rotatable bonds is 16. The van der Waals surface area contributed by atoms with E-state index >= 15 is 0 Å². The minimum atomic E-state index is -3.50. The smallest absolute Gasteiger partial charge is 0.232 e. The molecular formula is C36H52ClN9O4SSi. The number of ether oxygens (including phenoxy) is 2. The Kier molecular flexibility index (Phi) is 11.9. The van der Waals surface area contributed by atoms with E-state index < -0.39 is 18.1 Å². The summed E-state index contributed by atoms with van der Waals surface area (Å²) in [7, 11) is -1.15. The molecule has 1 saturated heterocycles. The number of anilines is 6. The monoisotopic (exact) mass is 769 g/mol. The highest BCUT2D eigenvalue weighted by Crippen LogP contribution is 2.41. The molecule has 13 nitrogen and oxygen atoms in total. The molecule has 2 aliphatic rings. The van der Waals surface area contributed by atoms with Crippen molar-refractivity contribution in [1.29, 1.82) is 0 Å². The fourth-order valence-electron chi connectivity index (χ4n) is 6.75. The van der Waals surface area contributed by atoms with E-state index in [2.05, 4.69) is 51.9 Å². The zero-order valence-corrected chi connectivity index (χ0v) is 33.6. The molecule has 2 aliphatic heterocycles. The molecule has 0 spiro atoms. The standard InChI is InChI=1S/C36H52ClN9O4SSi/c1-38-15-16-39-26-13-17-44(18-14-26)27-10-11-29(31(22-27)49-2)41-36-42-34(40-30-9-7-8-25-12-19-46(33(25)30)51(3,47)48)32-28(37)23-45(35(32)43-36)24-50-20-21-52(4,5)6/h7-11,22-23,26,38-39H,12-21,24H2,1-6H3,(H2,40,41,42,43). The Bertz CT molecular complexity index is 1980. The summed E-state index contributed by atoms with van der Waals surface area (Å²) in [6.45, 7) is 12.1. The van der Waals surface area contributed by atoms with Crippen LogP contribution in [0.3, 0.4) is 0 Å². The van der Waals surface area contributed by atoms with E-state index in [0.717, 1.165) is 56.3 Å². The molecular weight excluding hydrogens is 718 g/mol. The van der Waals surface area contributed by atoms with Gasteiger partial charge in [-0.15, -0.1) is 0 Å². The molecule has 4 heterocycles. The molecule has 0 unspecified atom stereocenters. The number of piperidine rings is 1. The maximum absolute atomic E-state index is 12.8. The number of nitrogens with zero attached hydrogens (tertiary/aromatic N) is 5. The lowest BCUT2D eigenvalue weighted by Gasteiger charge is -2.34. The van der Waals surface area contributed by atoms with Crippen molar-refractivity contribution in [3.05, 3.63) is 53.2 Å². The van der Waals surface area contributed by atoms with Crippen LogP contribution < -0.4 is 35.2 Å². The van der Waals surface area contributed by atoms with Crippen molar-refractivity contribution in [3.8, 4) is 5.75 Å². The highest BCUT2D eigenvalue weighted by atomic mass is 35.5. The summed E-state index contributed by atoms with van der Waals surface area (Å²) in [5.74, 6) is 1.42. The average molecular weight is 770 g/mol. The second-order valence-electron chi connectivity index (χ2n) is 14.7. The SMILES string of the molecule is CNCCNC1CCN(c2ccc(Nc3nc(Nc4cccc5c4N(S(C)(=O)=O)CC5)c4c(Cl)cn(COCC[Si](C)(C)C)c4n3)c(OC)c2)CC1. The number of fused-ring (bicyclic) bond motifs is 2. The molecule has 1 fully saturated rings. The van der Waals surface area contributed by atoms with E-state index in [1.807, 2.05) is 41.9 Å². The first-order valence-corrected chi connectivity index (χ1v) is 23.9. The highest BCUT2D eigenvalue weighted by Gasteiger charge is 2.30. The molecule has 16 heteroatoms. The largest absolute Gasteiger partial charge is 0.494 e. The molecule has 0 saturated carbocycles. The van der Waals surface area contributed by atoms with Gasteiger partial charge >= 0.3 is 0 Å². The number of halogens is 1. The molecule has 282 valence electrons. The van der Waals surface area contributed by atoms with Gasteiger partial charge in [0.15, 0.2) is 5.65 Å². The van der Waals surface area contributed by atoms with E-state index in [1.54, 1.807) is 13.3 Å². The van der Waals surface area contributed by atoms with E-state index in [9.17, 15) is 8.42 Å². The quantitative estimate of drug-likeness (QED) is 0.0790. The molecule has 2 aromatic carbocycles. The summed E-state index contributed by atoms with van der Waals surface area (Å²) < 4.78 is 40.9. The number of likely N-dealkylation sites (N-methyl/N-ethyl adjacent to an activating group) is 1. The molecule has 0 aliphatic carbocycles. The van der Waals surface area contributed by atoms with Crippen LogP contribution >= 0.6 is 11.6 Å². The van der Waals surface area contributed by atoms with Crippen molar-refractivity contribution in [2.24, 2.45) is 0 Å². The Morgan fingerprint density at radius 1 is 1.02 bits per heavy atom. The van der Waals surface area contributed by atoms with Gasteiger partial charge in [-0.3, -0.25) is 4.31 Å². The topological polar surface area (TPSA) is 138 Å². The lowest BCUT2D eigenvalue weighted by atomic mass is 10.0. The lowest BCUT2D eigenvalue weighted by Crippen LogP contribution is -2.44. The summed E-state index contributed by atoms with van der Waals surface area (Å²) >= 11 is 6.90. The van der Waals surface area contributed by atoms with Gasteiger partial charge in [-0.2, -0.15) is 9.97 Å². The van der Waals surface area contributed by atoms with Gasteiger partial charge in [0.1, 0.15) is 18.3 Å². The van der Waals surface area contributed by atoms with Gasteiger partial charge in [-0.25, -0.2) is 8.42 Å². The Labute approximate surface area is 313 Å². The summed E-state index contributed by atoms with van der Waals surface area (Å²) in [5, 5.41) is 14.7. The predicted octanol–water partition coefficient (Wildman–Crippen LogP) is 5.99. The maximum atomic E-state index is 12.8. The van der Waals surface area contributed by atoms with Gasteiger partial charge in [-0.05, 0) is 56.1 Å². The van der Waals surface area contributed by atoms with Crippen molar-refractivity contribution in [2.75, 3.05) is 79.6 Å². The zero-order valence-electron chi connectivity index (χ0n) is 31.1. The first-order chi connectivity index (χ1) is 24.8. The molecule has 52 heavy (non-hydrogen) atoms. The van der Waals surface area contributed by atoms with Crippen LogP contribution in [0.4, 0.5) is 34.5 Å². The molecule has 0 atom stereocenters. The Hall–Kier alpha value is -3.60. The van der Waals surface area contributed by atoms with Crippen molar-refractivity contribution in [2.45, 2.75) is 57.7 Å². The van der Waals surface area contributed by atoms with Gasteiger partial charge in [0.2, 0.25) is 16.0 Å². The van der Waals surface area contributed by atoms with Crippen LogP contribution in [0.25, 0.3) is 11.0 Å². The third kappa shape index (κ3) is 8.94. The number of sulfonamides is 1. The third-order valence-corrected chi connectivity index (χ3v) is 12.8. The van der Waals surface area contributed by atoms with Gasteiger partial charge < -0.3 is 40.2 Å². The zero-order chi connectivity index (χ0) is 37.0. The summed E-state index contributed by atoms with van der Waals surface area (Å²) in [6, 6.07) is 13.4. The summed E-state index contributed by atoms with van der Waals surface area (Å²) in [6.07, 6.45) is 5.81. The number of nitrogens with one attached hydrogen (secondary N) is 4. The molecule has 2 aromatic heterocycles. The van der Waals surface area contributed by atoms with Crippen LogP contribution in [0.5, 0.6) is 5.75 Å². The number of benzene rings is 2. The maximum Gasteiger partial charge on any atom is 0.232 e. The van der Waals surface area contributed by atoms with Crippen molar-refractivity contribution in [1.82, 2.24) is 25.2 Å². The van der Waals surface area contributed by atoms with E-state index in [1.165, 1.54) is 10.6 Å². The van der Waals surface area contributed by atoms with Crippen LogP contribution in [-0.2, 0) is 27.9 Å². The Morgan fingerprint density at radius 2 is 1.81 bits per heavy atom. The number of hydrogen-bond acceptors (Lipinski definition) is 11. The average Bonchev–Trinajstić information content (AvgIpc) is 3.69. The van der Waals surface area contributed by atoms with Crippen molar-refractivity contribution < 1.29 is 17.9 Å². The molecule has 0 radical (unpaired) electrons. The normalized spacial score (nSPS) is 15.4. The van der Waals surface area contributed by atoms with E-state index in [0.29, 0.717) is 76.2 Å². The van der Waals surface area contributed by atoms with Crippen molar-refractivity contribution >= 4 is 75.2 Å². The number of aromatic nitrogens is 3. The van der Waals surface area contributed by atoms with Gasteiger partial charge in [0.05, 0.1) is 40.8 Å². The summed E-state index contributed by atoms with van der Waals surface area (Å²) in [5.41, 5.74) is 4.56. The first-order valence-electron chi connectivity index (χ1n) is 17.9. The first kappa shape index (κ1) is 38.1. The number of hydrogen-bond donors (Lipinski definition) is 4. The third-order valence-electron chi connectivity index (χ3n) is 9.60. The van der Waals surface area contributed by atoms with Crippen LogP contribution in [-0.4, -0.2) is 96.8 Å². The minimum absolute atomic E-state index is 0.270. The predicted molar refractivity (Wildman–Crippen MR) is 216 cm³/mol. The second kappa shape index (κ2) is 16.2. The second-order valence-corrected chi connectivity index (χ2v) is 22.7. The minimum Gasteiger partial charge on any atom is -0.494 e. The molecule has 6 rings (SSSR count). The fraction of sp³-hybridized carbons (Fsp3) is 0.500. The fourth-order valence-corrected chi connectivity index (χ4v) is 8.77. The number of methoxy groups -OCH3 is 1. The van der Waals surface area contributed by atoms with Gasteiger partial charge in [0.25, 0.3) is 0 Å². The Balaban J connectivity index is 1.31.